The Morgan fingerprint density at radius 1 is 0.939 bits per heavy atom. The summed E-state index contributed by atoms with van der Waals surface area (Å²) in [6.07, 6.45) is 7.62. The number of amides is 1. The van der Waals surface area contributed by atoms with Gasteiger partial charge in [0.15, 0.2) is 0 Å². The molecule has 1 N–H and O–H groups in total. The second-order valence-corrected chi connectivity index (χ2v) is 11.2. The number of sulfonamides is 1. The van der Waals surface area contributed by atoms with Gasteiger partial charge in [0.2, 0.25) is 0 Å². The number of nitrogens with zero attached hydrogens (tertiary/aromatic N) is 2. The van der Waals surface area contributed by atoms with Gasteiger partial charge in [-0.3, -0.25) is 9.52 Å². The second-order valence-electron chi connectivity index (χ2n) is 9.06. The van der Waals surface area contributed by atoms with E-state index in [1.165, 1.54) is 44.2 Å². The third kappa shape index (κ3) is 6.28. The third-order valence-corrected chi connectivity index (χ3v) is 8.32. The largest absolute Gasteiger partial charge is 0.337 e. The average molecular weight is 490 g/mol. The Kier molecular flexibility index (Phi) is 7.94. The van der Waals surface area contributed by atoms with Crippen molar-refractivity contribution < 1.29 is 13.2 Å². The van der Waals surface area contributed by atoms with E-state index in [2.05, 4.69) is 9.62 Å². The number of carbonyl (C=O) groups excluding carboxylic acids is 1. The number of halogens is 1. The van der Waals surface area contributed by atoms with Crippen molar-refractivity contribution >= 4 is 33.2 Å². The van der Waals surface area contributed by atoms with Crippen LogP contribution in [0.25, 0.3) is 0 Å². The van der Waals surface area contributed by atoms with Gasteiger partial charge >= 0.3 is 0 Å². The van der Waals surface area contributed by atoms with Crippen LogP contribution in [0.2, 0.25) is 5.02 Å². The van der Waals surface area contributed by atoms with Gasteiger partial charge in [0.05, 0.1) is 15.6 Å². The molecule has 178 valence electrons. The van der Waals surface area contributed by atoms with Crippen LogP contribution >= 0.6 is 11.6 Å². The van der Waals surface area contributed by atoms with E-state index in [1.54, 1.807) is 36.4 Å². The zero-order valence-corrected chi connectivity index (χ0v) is 20.5. The lowest BCUT2D eigenvalue weighted by Gasteiger charge is -2.28. The molecular weight excluding hydrogens is 458 g/mol. The van der Waals surface area contributed by atoms with Crippen LogP contribution in [0.5, 0.6) is 0 Å². The monoisotopic (exact) mass is 489 g/mol. The SMILES string of the molecule is O=C(c1cccc(S(=O)(=O)Nc2ccccc2Cl)c1)N1CCCN(CC2CCCCC2)CC1. The number of hydrogen-bond donors (Lipinski definition) is 1. The molecule has 0 spiro atoms. The minimum atomic E-state index is -3.87. The van der Waals surface area contributed by atoms with Crippen molar-refractivity contribution in [3.05, 3.63) is 59.1 Å². The molecule has 2 aliphatic rings. The fraction of sp³-hybridized carbons (Fsp3) is 0.480. The van der Waals surface area contributed by atoms with E-state index in [0.717, 1.165) is 32.0 Å². The summed E-state index contributed by atoms with van der Waals surface area (Å²) in [6.45, 7) is 4.36. The Labute approximate surface area is 202 Å². The molecule has 0 unspecified atom stereocenters. The molecule has 1 aliphatic heterocycles. The first-order valence-electron chi connectivity index (χ1n) is 11.8. The second kappa shape index (κ2) is 10.9. The average Bonchev–Trinajstić information content (AvgIpc) is 3.06. The fourth-order valence-electron chi connectivity index (χ4n) is 4.82. The van der Waals surface area contributed by atoms with Crippen LogP contribution in [-0.4, -0.2) is 56.8 Å². The van der Waals surface area contributed by atoms with E-state index in [0.29, 0.717) is 29.4 Å². The van der Waals surface area contributed by atoms with Crippen LogP contribution < -0.4 is 4.72 Å². The van der Waals surface area contributed by atoms with Crippen LogP contribution in [0.1, 0.15) is 48.9 Å². The van der Waals surface area contributed by atoms with E-state index in [-0.39, 0.29) is 10.8 Å². The first kappa shape index (κ1) is 24.0. The van der Waals surface area contributed by atoms with Gasteiger partial charge in [-0.1, -0.05) is 49.1 Å². The van der Waals surface area contributed by atoms with Crippen molar-refractivity contribution in [2.45, 2.75) is 43.4 Å². The number of para-hydroxylation sites is 1. The van der Waals surface area contributed by atoms with Gasteiger partial charge in [0.1, 0.15) is 0 Å². The third-order valence-electron chi connectivity index (χ3n) is 6.63. The molecule has 4 rings (SSSR count). The van der Waals surface area contributed by atoms with Crippen molar-refractivity contribution in [3.63, 3.8) is 0 Å². The van der Waals surface area contributed by atoms with E-state index >= 15 is 0 Å². The summed E-state index contributed by atoms with van der Waals surface area (Å²) in [4.78, 5) is 17.6. The summed E-state index contributed by atoms with van der Waals surface area (Å²) >= 11 is 6.10. The number of anilines is 1. The van der Waals surface area contributed by atoms with E-state index in [9.17, 15) is 13.2 Å². The highest BCUT2D eigenvalue weighted by atomic mass is 35.5. The van der Waals surface area contributed by atoms with Crippen LogP contribution in [0.15, 0.2) is 53.4 Å². The molecule has 2 aromatic rings. The quantitative estimate of drug-likeness (QED) is 0.628. The molecule has 1 saturated heterocycles. The van der Waals surface area contributed by atoms with Gasteiger partial charge in [0.25, 0.3) is 15.9 Å². The van der Waals surface area contributed by atoms with Crippen molar-refractivity contribution in [2.24, 2.45) is 5.92 Å². The zero-order valence-electron chi connectivity index (χ0n) is 18.9. The number of hydrogen-bond acceptors (Lipinski definition) is 4. The standard InChI is InChI=1S/C25H32ClN3O3S/c26-23-12-4-5-13-24(23)27-33(31,32)22-11-6-10-21(18-22)25(30)29-15-7-14-28(16-17-29)19-20-8-2-1-3-9-20/h4-6,10-13,18,20,27H,1-3,7-9,14-17,19H2. The van der Waals surface area contributed by atoms with Crippen molar-refractivity contribution in [2.75, 3.05) is 37.4 Å². The van der Waals surface area contributed by atoms with Crippen LogP contribution in [0.4, 0.5) is 5.69 Å². The number of carbonyl (C=O) groups is 1. The Balaban J connectivity index is 1.41. The summed E-state index contributed by atoms with van der Waals surface area (Å²) in [5.74, 6) is 0.665. The Hall–Kier alpha value is -2.09. The Morgan fingerprint density at radius 3 is 2.52 bits per heavy atom. The molecule has 0 aromatic heterocycles. The predicted molar refractivity (Wildman–Crippen MR) is 132 cm³/mol. The highest BCUT2D eigenvalue weighted by Crippen LogP contribution is 2.26. The predicted octanol–water partition coefficient (Wildman–Crippen LogP) is 4.87. The van der Waals surface area contributed by atoms with Gasteiger partial charge < -0.3 is 9.80 Å². The van der Waals surface area contributed by atoms with Crippen molar-refractivity contribution in [3.8, 4) is 0 Å². The molecule has 33 heavy (non-hydrogen) atoms. The smallest absolute Gasteiger partial charge is 0.261 e. The van der Waals surface area contributed by atoms with E-state index in [1.807, 2.05) is 4.90 Å². The lowest BCUT2D eigenvalue weighted by Crippen LogP contribution is -2.37. The topological polar surface area (TPSA) is 69.7 Å². The highest BCUT2D eigenvalue weighted by Gasteiger charge is 2.24. The minimum absolute atomic E-state index is 0.0435. The molecule has 1 amide bonds. The number of nitrogens with one attached hydrogen (secondary N) is 1. The van der Waals surface area contributed by atoms with Gasteiger partial charge in [-0.25, -0.2) is 8.42 Å². The first-order valence-corrected chi connectivity index (χ1v) is 13.7. The normalized spacial score (nSPS) is 18.6. The summed E-state index contributed by atoms with van der Waals surface area (Å²) in [5.41, 5.74) is 0.694. The molecule has 8 heteroatoms. The molecule has 1 aliphatic carbocycles. The van der Waals surface area contributed by atoms with Crippen molar-refractivity contribution in [1.82, 2.24) is 9.80 Å². The zero-order chi connectivity index (χ0) is 23.3. The van der Waals surface area contributed by atoms with Gasteiger partial charge in [0, 0.05) is 31.7 Å². The van der Waals surface area contributed by atoms with Gasteiger partial charge in [-0.05, 0) is 62.1 Å². The number of benzene rings is 2. The minimum Gasteiger partial charge on any atom is -0.337 e. The van der Waals surface area contributed by atoms with Gasteiger partial charge in [-0.15, -0.1) is 0 Å². The maximum Gasteiger partial charge on any atom is 0.261 e. The van der Waals surface area contributed by atoms with Crippen LogP contribution in [0, 0.1) is 5.92 Å². The number of rotatable bonds is 6. The molecule has 2 aromatic carbocycles. The lowest BCUT2D eigenvalue weighted by molar-refractivity contribution is 0.0759. The first-order chi connectivity index (χ1) is 15.9. The Bertz CT molecular complexity index is 1070. The van der Waals surface area contributed by atoms with E-state index < -0.39 is 10.0 Å². The molecule has 1 saturated carbocycles. The fourth-order valence-corrected chi connectivity index (χ4v) is 6.18. The molecule has 2 fully saturated rings. The summed E-state index contributed by atoms with van der Waals surface area (Å²) in [7, 11) is -3.87. The molecule has 1 heterocycles. The molecule has 0 radical (unpaired) electrons. The molecule has 0 atom stereocenters. The summed E-state index contributed by atoms with van der Waals surface area (Å²) < 4.78 is 28.3. The molecular formula is C25H32ClN3O3S. The van der Waals surface area contributed by atoms with Crippen LogP contribution in [-0.2, 0) is 10.0 Å². The van der Waals surface area contributed by atoms with Crippen LogP contribution in [0.3, 0.4) is 0 Å². The molecule has 6 nitrogen and oxygen atoms in total. The maximum absolute atomic E-state index is 13.2. The van der Waals surface area contributed by atoms with E-state index in [4.69, 9.17) is 11.6 Å². The summed E-state index contributed by atoms with van der Waals surface area (Å²) in [5, 5.41) is 0.315. The van der Waals surface area contributed by atoms with Crippen molar-refractivity contribution in [1.29, 1.82) is 0 Å². The highest BCUT2D eigenvalue weighted by molar-refractivity contribution is 7.92. The maximum atomic E-state index is 13.2. The Morgan fingerprint density at radius 2 is 1.73 bits per heavy atom. The lowest BCUT2D eigenvalue weighted by atomic mass is 9.89. The van der Waals surface area contributed by atoms with Gasteiger partial charge in [-0.2, -0.15) is 0 Å². The molecule has 0 bridgehead atoms. The summed E-state index contributed by atoms with van der Waals surface area (Å²) in [6, 6.07) is 12.9.